The van der Waals surface area contributed by atoms with Gasteiger partial charge in [0.2, 0.25) is 0 Å². The van der Waals surface area contributed by atoms with Crippen LogP contribution >= 0.6 is 0 Å². The average Bonchev–Trinajstić information content (AvgIpc) is 2.38. The van der Waals surface area contributed by atoms with Crippen molar-refractivity contribution in [1.82, 2.24) is 5.32 Å². The zero-order valence-corrected chi connectivity index (χ0v) is 11.1. The van der Waals surface area contributed by atoms with Gasteiger partial charge in [0.1, 0.15) is 5.75 Å². The topological polar surface area (TPSA) is 88.1 Å². The van der Waals surface area contributed by atoms with Gasteiger partial charge in [-0.15, -0.1) is 0 Å². The number of carbonyl (C=O) groups excluding carboxylic acids is 1. The summed E-state index contributed by atoms with van der Waals surface area (Å²) in [6.45, 7) is 2.83. The fourth-order valence-electron chi connectivity index (χ4n) is 1.65. The van der Waals surface area contributed by atoms with Crippen molar-refractivity contribution in [1.29, 1.82) is 5.26 Å². The molecule has 0 radical (unpaired) electrons. The number of aryl methyl sites for hydroxylation is 1. The van der Waals surface area contributed by atoms with Crippen molar-refractivity contribution in [2.75, 3.05) is 19.7 Å². The van der Waals surface area contributed by atoms with Crippen LogP contribution in [-0.2, 0) is 11.2 Å². The average molecular weight is 261 g/mol. The Bertz CT molecular complexity index is 466. The Hall–Kier alpha value is -2.06. The van der Waals surface area contributed by atoms with E-state index in [1.165, 1.54) is 0 Å². The maximum atomic E-state index is 11.5. The number of hydrogen-bond acceptors (Lipinski definition) is 4. The SMILES string of the molecule is Cc1ccc(OCC(=O)NCCC#N)c(CCN)c1. The highest BCUT2D eigenvalue weighted by Crippen LogP contribution is 2.20. The minimum Gasteiger partial charge on any atom is -0.483 e. The summed E-state index contributed by atoms with van der Waals surface area (Å²) in [5.74, 6) is 0.459. The minimum atomic E-state index is -0.227. The van der Waals surface area contributed by atoms with Crippen LogP contribution in [-0.4, -0.2) is 25.6 Å². The van der Waals surface area contributed by atoms with Gasteiger partial charge in [-0.2, -0.15) is 5.26 Å². The van der Waals surface area contributed by atoms with Crippen molar-refractivity contribution in [3.8, 4) is 11.8 Å². The molecule has 0 bridgehead atoms. The van der Waals surface area contributed by atoms with E-state index in [0.717, 1.165) is 11.1 Å². The Morgan fingerprint density at radius 1 is 1.53 bits per heavy atom. The molecule has 0 aliphatic heterocycles. The highest BCUT2D eigenvalue weighted by atomic mass is 16.5. The Morgan fingerprint density at radius 3 is 3.00 bits per heavy atom. The van der Waals surface area contributed by atoms with Crippen LogP contribution in [0, 0.1) is 18.3 Å². The van der Waals surface area contributed by atoms with Crippen LogP contribution in [0.25, 0.3) is 0 Å². The second-order valence-corrected chi connectivity index (χ2v) is 4.20. The summed E-state index contributed by atoms with van der Waals surface area (Å²) in [6, 6.07) is 7.75. The largest absolute Gasteiger partial charge is 0.483 e. The summed E-state index contributed by atoms with van der Waals surface area (Å²) in [4.78, 5) is 11.5. The van der Waals surface area contributed by atoms with E-state index in [1.807, 2.05) is 31.2 Å². The summed E-state index contributed by atoms with van der Waals surface area (Å²) >= 11 is 0. The number of hydrogen-bond donors (Lipinski definition) is 2. The molecule has 0 spiro atoms. The number of rotatable bonds is 7. The van der Waals surface area contributed by atoms with Crippen molar-refractivity contribution in [3.05, 3.63) is 29.3 Å². The molecule has 1 amide bonds. The van der Waals surface area contributed by atoms with Crippen LogP contribution < -0.4 is 15.8 Å². The second kappa shape index (κ2) is 8.11. The third-order valence-electron chi connectivity index (χ3n) is 2.55. The van der Waals surface area contributed by atoms with Gasteiger partial charge in [-0.25, -0.2) is 0 Å². The third kappa shape index (κ3) is 5.40. The van der Waals surface area contributed by atoms with E-state index in [0.29, 0.717) is 31.7 Å². The lowest BCUT2D eigenvalue weighted by Gasteiger charge is -2.11. The first-order valence-electron chi connectivity index (χ1n) is 6.23. The lowest BCUT2D eigenvalue weighted by atomic mass is 10.1. The fourth-order valence-corrected chi connectivity index (χ4v) is 1.65. The lowest BCUT2D eigenvalue weighted by Crippen LogP contribution is -2.29. The van der Waals surface area contributed by atoms with Crippen LogP contribution in [0.3, 0.4) is 0 Å². The van der Waals surface area contributed by atoms with Crippen molar-refractivity contribution in [2.45, 2.75) is 19.8 Å². The normalized spacial score (nSPS) is 9.74. The molecule has 1 rings (SSSR count). The molecule has 5 heteroatoms. The Kier molecular flexibility index (Phi) is 6.41. The van der Waals surface area contributed by atoms with Crippen LogP contribution in [0.2, 0.25) is 0 Å². The monoisotopic (exact) mass is 261 g/mol. The molecule has 0 aromatic heterocycles. The molecule has 0 saturated heterocycles. The number of nitrogens with two attached hydrogens (primary N) is 1. The van der Waals surface area contributed by atoms with Crippen molar-refractivity contribution in [2.24, 2.45) is 5.73 Å². The third-order valence-corrected chi connectivity index (χ3v) is 2.55. The molecular formula is C14H19N3O2. The number of amides is 1. The Morgan fingerprint density at radius 2 is 2.32 bits per heavy atom. The Balaban J connectivity index is 2.52. The predicted octanol–water partition coefficient (Wildman–Crippen LogP) is 0.905. The van der Waals surface area contributed by atoms with Gasteiger partial charge in [-0.05, 0) is 31.5 Å². The zero-order chi connectivity index (χ0) is 14.1. The van der Waals surface area contributed by atoms with E-state index >= 15 is 0 Å². The van der Waals surface area contributed by atoms with Crippen LogP contribution in [0.4, 0.5) is 0 Å². The molecule has 102 valence electrons. The molecule has 0 saturated carbocycles. The summed E-state index contributed by atoms with van der Waals surface area (Å²) in [5.41, 5.74) is 7.69. The summed E-state index contributed by atoms with van der Waals surface area (Å²) in [5, 5.41) is 11.0. The predicted molar refractivity (Wildman–Crippen MR) is 72.7 cm³/mol. The van der Waals surface area contributed by atoms with Crippen LogP contribution in [0.1, 0.15) is 17.5 Å². The van der Waals surface area contributed by atoms with Gasteiger partial charge in [0.05, 0.1) is 12.5 Å². The lowest BCUT2D eigenvalue weighted by molar-refractivity contribution is -0.123. The van der Waals surface area contributed by atoms with E-state index in [2.05, 4.69) is 5.32 Å². The maximum absolute atomic E-state index is 11.5. The quantitative estimate of drug-likeness (QED) is 0.714. The Labute approximate surface area is 113 Å². The van der Waals surface area contributed by atoms with Gasteiger partial charge in [0.15, 0.2) is 6.61 Å². The molecule has 19 heavy (non-hydrogen) atoms. The van der Waals surface area contributed by atoms with E-state index in [1.54, 1.807) is 0 Å². The summed E-state index contributed by atoms with van der Waals surface area (Å²) < 4.78 is 5.49. The summed E-state index contributed by atoms with van der Waals surface area (Å²) in [6.07, 6.45) is 1.02. The molecule has 0 aliphatic rings. The highest BCUT2D eigenvalue weighted by Gasteiger charge is 2.06. The number of nitriles is 1. The smallest absolute Gasteiger partial charge is 0.257 e. The first-order valence-corrected chi connectivity index (χ1v) is 6.23. The molecule has 0 fully saturated rings. The van der Waals surface area contributed by atoms with Crippen LogP contribution in [0.5, 0.6) is 5.75 Å². The standard InChI is InChI=1S/C14H19N3O2/c1-11-3-4-13(12(9-11)5-7-16)19-10-14(18)17-8-2-6-15/h3-4,9H,2,5,7-8,10,16H2,1H3,(H,17,18). The number of benzene rings is 1. The molecule has 3 N–H and O–H groups in total. The zero-order valence-electron chi connectivity index (χ0n) is 11.1. The number of nitrogens with one attached hydrogen (secondary N) is 1. The molecule has 5 nitrogen and oxygen atoms in total. The van der Waals surface area contributed by atoms with Gasteiger partial charge < -0.3 is 15.8 Å². The van der Waals surface area contributed by atoms with Crippen molar-refractivity contribution < 1.29 is 9.53 Å². The molecular weight excluding hydrogens is 242 g/mol. The second-order valence-electron chi connectivity index (χ2n) is 4.20. The highest BCUT2D eigenvalue weighted by molar-refractivity contribution is 5.77. The van der Waals surface area contributed by atoms with Gasteiger partial charge in [0, 0.05) is 6.54 Å². The van der Waals surface area contributed by atoms with Crippen molar-refractivity contribution >= 4 is 5.91 Å². The number of ether oxygens (including phenoxy) is 1. The van der Waals surface area contributed by atoms with Crippen molar-refractivity contribution in [3.63, 3.8) is 0 Å². The number of carbonyl (C=O) groups is 1. The van der Waals surface area contributed by atoms with Gasteiger partial charge in [-0.1, -0.05) is 17.7 Å². The van der Waals surface area contributed by atoms with Gasteiger partial charge in [0.25, 0.3) is 5.91 Å². The summed E-state index contributed by atoms with van der Waals surface area (Å²) in [7, 11) is 0. The fraction of sp³-hybridized carbons (Fsp3) is 0.429. The first-order chi connectivity index (χ1) is 9.17. The van der Waals surface area contributed by atoms with E-state index < -0.39 is 0 Å². The molecule has 0 aliphatic carbocycles. The molecule has 1 aromatic rings. The minimum absolute atomic E-state index is 0.0495. The van der Waals surface area contributed by atoms with E-state index in [-0.39, 0.29) is 12.5 Å². The molecule has 1 aromatic carbocycles. The maximum Gasteiger partial charge on any atom is 0.257 e. The molecule has 0 heterocycles. The van der Waals surface area contributed by atoms with E-state index in [9.17, 15) is 4.79 Å². The van der Waals surface area contributed by atoms with Crippen LogP contribution in [0.15, 0.2) is 18.2 Å². The van der Waals surface area contributed by atoms with E-state index in [4.69, 9.17) is 15.7 Å². The molecule has 0 atom stereocenters. The van der Waals surface area contributed by atoms with Gasteiger partial charge in [-0.3, -0.25) is 4.79 Å². The first kappa shape index (κ1) is 15.0. The number of nitrogens with zero attached hydrogens (tertiary/aromatic N) is 1. The van der Waals surface area contributed by atoms with Gasteiger partial charge >= 0.3 is 0 Å². The molecule has 0 unspecified atom stereocenters.